The minimum absolute atomic E-state index is 0.436. The van der Waals surface area contributed by atoms with Crippen LogP contribution in [0.5, 0.6) is 0 Å². The predicted molar refractivity (Wildman–Crippen MR) is 63.3 cm³/mol. The molecular weight excluding hydrogens is 216 g/mol. The van der Waals surface area contributed by atoms with Gasteiger partial charge in [-0.1, -0.05) is 0 Å². The molecule has 0 aliphatic rings. The fraction of sp³-hybridized carbons (Fsp3) is 0.417. The molecule has 0 spiro atoms. The van der Waals surface area contributed by atoms with Crippen molar-refractivity contribution in [2.24, 2.45) is 0 Å². The van der Waals surface area contributed by atoms with E-state index in [4.69, 9.17) is 15.3 Å². The standard InChI is InChI=1S/C12H14N4O/c1-17-8-7-16(6-2-5-13)12-4-3-11(9-14)10-15-12/h3-4,10H,2,6-8H2,1H3. The highest BCUT2D eigenvalue weighted by atomic mass is 16.5. The lowest BCUT2D eigenvalue weighted by Crippen LogP contribution is -2.28. The van der Waals surface area contributed by atoms with Crippen LogP contribution >= 0.6 is 0 Å². The summed E-state index contributed by atoms with van der Waals surface area (Å²) in [5, 5.41) is 17.3. The summed E-state index contributed by atoms with van der Waals surface area (Å²) in [6, 6.07) is 7.63. The molecule has 0 aliphatic heterocycles. The number of nitrogens with zero attached hydrogens (tertiary/aromatic N) is 4. The van der Waals surface area contributed by atoms with E-state index >= 15 is 0 Å². The van der Waals surface area contributed by atoms with Crippen LogP contribution in [0.25, 0.3) is 0 Å². The highest BCUT2D eigenvalue weighted by molar-refractivity contribution is 5.41. The molecule has 0 fully saturated rings. The third-order valence-electron chi connectivity index (χ3n) is 2.26. The first-order valence-electron chi connectivity index (χ1n) is 5.28. The van der Waals surface area contributed by atoms with Gasteiger partial charge in [-0.2, -0.15) is 10.5 Å². The Kier molecular flexibility index (Phi) is 5.50. The molecule has 0 amide bonds. The number of aromatic nitrogens is 1. The normalized spacial score (nSPS) is 9.35. The molecule has 5 heteroatoms. The predicted octanol–water partition coefficient (Wildman–Crippen LogP) is 1.32. The van der Waals surface area contributed by atoms with Crippen LogP contribution in [-0.4, -0.2) is 31.8 Å². The molecule has 0 radical (unpaired) electrons. The summed E-state index contributed by atoms with van der Waals surface area (Å²) in [4.78, 5) is 6.16. The Morgan fingerprint density at radius 3 is 2.71 bits per heavy atom. The van der Waals surface area contributed by atoms with Crippen LogP contribution in [0, 0.1) is 22.7 Å². The fourth-order valence-electron chi connectivity index (χ4n) is 1.37. The van der Waals surface area contributed by atoms with Crippen LogP contribution in [0.2, 0.25) is 0 Å². The van der Waals surface area contributed by atoms with Gasteiger partial charge in [0.25, 0.3) is 0 Å². The smallest absolute Gasteiger partial charge is 0.128 e. The number of hydrogen-bond acceptors (Lipinski definition) is 5. The summed E-state index contributed by atoms with van der Waals surface area (Å²) in [5.74, 6) is 0.760. The van der Waals surface area contributed by atoms with Crippen molar-refractivity contribution in [2.45, 2.75) is 6.42 Å². The van der Waals surface area contributed by atoms with Crippen LogP contribution in [0.15, 0.2) is 18.3 Å². The Balaban J connectivity index is 2.73. The lowest BCUT2D eigenvalue weighted by atomic mass is 10.3. The molecule has 1 aromatic rings. The average Bonchev–Trinajstić information content (AvgIpc) is 2.39. The first kappa shape index (κ1) is 13.0. The number of rotatable bonds is 6. The third-order valence-corrected chi connectivity index (χ3v) is 2.26. The van der Waals surface area contributed by atoms with Gasteiger partial charge in [0.1, 0.15) is 11.9 Å². The molecule has 0 saturated heterocycles. The second kappa shape index (κ2) is 7.21. The maximum atomic E-state index is 8.68. The maximum Gasteiger partial charge on any atom is 0.128 e. The summed E-state index contributed by atoms with van der Waals surface area (Å²) in [5.41, 5.74) is 0.528. The van der Waals surface area contributed by atoms with Crippen molar-refractivity contribution < 1.29 is 4.74 Å². The summed E-state index contributed by atoms with van der Waals surface area (Å²) in [7, 11) is 1.63. The average molecular weight is 230 g/mol. The van der Waals surface area contributed by atoms with E-state index in [0.717, 1.165) is 5.82 Å². The quantitative estimate of drug-likeness (QED) is 0.736. The SMILES string of the molecule is COCCN(CCC#N)c1ccc(C#N)cn1. The Labute approximate surface area is 101 Å². The molecule has 0 atom stereocenters. The van der Waals surface area contributed by atoms with E-state index < -0.39 is 0 Å². The van der Waals surface area contributed by atoms with E-state index in [9.17, 15) is 0 Å². The first-order valence-corrected chi connectivity index (χ1v) is 5.28. The van der Waals surface area contributed by atoms with Crippen molar-refractivity contribution in [3.05, 3.63) is 23.9 Å². The van der Waals surface area contributed by atoms with Gasteiger partial charge in [-0.3, -0.25) is 0 Å². The van der Waals surface area contributed by atoms with Crippen LogP contribution < -0.4 is 4.90 Å². The van der Waals surface area contributed by atoms with Crippen LogP contribution in [0.3, 0.4) is 0 Å². The summed E-state index contributed by atoms with van der Waals surface area (Å²) >= 11 is 0. The number of ether oxygens (including phenoxy) is 1. The third kappa shape index (κ3) is 4.10. The van der Waals surface area contributed by atoms with Crippen LogP contribution in [0.1, 0.15) is 12.0 Å². The van der Waals surface area contributed by atoms with E-state index in [1.165, 1.54) is 6.20 Å². The van der Waals surface area contributed by atoms with Crippen molar-refractivity contribution in [1.82, 2.24) is 4.98 Å². The van der Waals surface area contributed by atoms with Gasteiger partial charge < -0.3 is 9.64 Å². The second-order valence-corrected chi connectivity index (χ2v) is 3.40. The molecule has 0 aromatic carbocycles. The highest BCUT2D eigenvalue weighted by Crippen LogP contribution is 2.11. The number of pyridine rings is 1. The zero-order chi connectivity index (χ0) is 12.5. The number of methoxy groups -OCH3 is 1. The molecule has 0 bridgehead atoms. The zero-order valence-corrected chi connectivity index (χ0v) is 9.76. The highest BCUT2D eigenvalue weighted by Gasteiger charge is 2.07. The van der Waals surface area contributed by atoms with Gasteiger partial charge in [0.2, 0.25) is 0 Å². The second-order valence-electron chi connectivity index (χ2n) is 3.40. The molecule has 0 N–H and O–H groups in total. The van der Waals surface area contributed by atoms with E-state index in [2.05, 4.69) is 11.1 Å². The van der Waals surface area contributed by atoms with Gasteiger partial charge in [-0.05, 0) is 12.1 Å². The van der Waals surface area contributed by atoms with Gasteiger partial charge in [0.15, 0.2) is 0 Å². The number of nitriles is 2. The molecule has 1 heterocycles. The van der Waals surface area contributed by atoms with E-state index in [-0.39, 0.29) is 0 Å². The number of hydrogen-bond donors (Lipinski definition) is 0. The largest absolute Gasteiger partial charge is 0.383 e. The van der Waals surface area contributed by atoms with Crippen molar-refractivity contribution in [3.8, 4) is 12.1 Å². The number of anilines is 1. The Morgan fingerprint density at radius 1 is 1.35 bits per heavy atom. The van der Waals surface area contributed by atoms with Gasteiger partial charge in [-0.25, -0.2) is 4.98 Å². The molecule has 17 heavy (non-hydrogen) atoms. The van der Waals surface area contributed by atoms with E-state index in [1.54, 1.807) is 19.2 Å². The Morgan fingerprint density at radius 2 is 2.18 bits per heavy atom. The molecule has 1 rings (SSSR count). The topological polar surface area (TPSA) is 72.9 Å². The summed E-state index contributed by atoms with van der Waals surface area (Å²) in [6.45, 7) is 1.86. The zero-order valence-electron chi connectivity index (χ0n) is 9.76. The van der Waals surface area contributed by atoms with Crippen molar-refractivity contribution in [2.75, 3.05) is 31.7 Å². The Bertz CT molecular complexity index is 416. The lowest BCUT2D eigenvalue weighted by Gasteiger charge is -2.22. The first-order chi connectivity index (χ1) is 8.31. The lowest BCUT2D eigenvalue weighted by molar-refractivity contribution is 0.205. The molecule has 0 aliphatic carbocycles. The molecular formula is C12H14N4O. The monoisotopic (exact) mass is 230 g/mol. The van der Waals surface area contributed by atoms with Gasteiger partial charge in [-0.15, -0.1) is 0 Å². The summed E-state index contributed by atoms with van der Waals surface area (Å²) < 4.78 is 5.01. The van der Waals surface area contributed by atoms with Gasteiger partial charge >= 0.3 is 0 Å². The van der Waals surface area contributed by atoms with E-state index in [0.29, 0.717) is 31.7 Å². The van der Waals surface area contributed by atoms with E-state index in [1.807, 2.05) is 11.0 Å². The minimum atomic E-state index is 0.436. The van der Waals surface area contributed by atoms with Gasteiger partial charge in [0, 0.05) is 26.4 Å². The Hall–Kier alpha value is -2.11. The van der Waals surface area contributed by atoms with Gasteiger partial charge in [0.05, 0.1) is 24.7 Å². The molecule has 0 unspecified atom stereocenters. The van der Waals surface area contributed by atoms with Crippen molar-refractivity contribution >= 4 is 5.82 Å². The minimum Gasteiger partial charge on any atom is -0.383 e. The fourth-order valence-corrected chi connectivity index (χ4v) is 1.37. The van der Waals surface area contributed by atoms with Crippen LogP contribution in [-0.2, 0) is 4.74 Å². The molecule has 1 aromatic heterocycles. The van der Waals surface area contributed by atoms with Crippen molar-refractivity contribution in [3.63, 3.8) is 0 Å². The van der Waals surface area contributed by atoms with Crippen LogP contribution in [0.4, 0.5) is 5.82 Å². The molecule has 88 valence electrons. The summed E-state index contributed by atoms with van der Waals surface area (Å²) in [6.07, 6.45) is 1.97. The maximum absolute atomic E-state index is 8.68. The van der Waals surface area contributed by atoms with Crippen molar-refractivity contribution in [1.29, 1.82) is 10.5 Å². The molecule has 0 saturated carbocycles. The molecule has 5 nitrogen and oxygen atoms in total.